The van der Waals surface area contributed by atoms with Gasteiger partial charge >= 0.3 is 6.09 Å². The molecule has 1 N–H and O–H groups in total. The van der Waals surface area contributed by atoms with Gasteiger partial charge in [0, 0.05) is 39.1 Å². The fourth-order valence-electron chi connectivity index (χ4n) is 4.10. The van der Waals surface area contributed by atoms with E-state index in [-0.39, 0.29) is 5.91 Å². The second-order valence-corrected chi connectivity index (χ2v) is 11.4. The maximum atomic E-state index is 13.1. The van der Waals surface area contributed by atoms with Crippen molar-refractivity contribution in [2.24, 2.45) is 0 Å². The lowest BCUT2D eigenvalue weighted by Crippen LogP contribution is -2.50. The van der Waals surface area contributed by atoms with Crippen molar-refractivity contribution in [3.63, 3.8) is 0 Å². The quantitative estimate of drug-likeness (QED) is 0.652. The summed E-state index contributed by atoms with van der Waals surface area (Å²) in [6.07, 6.45) is 4.52. The number of hydrogen-bond acceptors (Lipinski definition) is 5. The highest BCUT2D eigenvalue weighted by Gasteiger charge is 2.30. The number of nitrogens with one attached hydrogen (secondary N) is 1. The van der Waals surface area contributed by atoms with E-state index in [4.69, 9.17) is 4.74 Å². The molecule has 0 bridgehead atoms. The van der Waals surface area contributed by atoms with Gasteiger partial charge < -0.3 is 15.0 Å². The predicted octanol–water partition coefficient (Wildman–Crippen LogP) is 2.70. The molecule has 3 rings (SSSR count). The zero-order chi connectivity index (χ0) is 23.4. The van der Waals surface area contributed by atoms with Crippen molar-refractivity contribution in [2.75, 3.05) is 32.7 Å². The predicted molar refractivity (Wildman–Crippen MR) is 122 cm³/mol. The van der Waals surface area contributed by atoms with E-state index in [0.717, 1.165) is 31.2 Å². The molecule has 0 unspecified atom stereocenters. The van der Waals surface area contributed by atoms with Crippen LogP contribution >= 0.6 is 0 Å². The molecule has 1 aliphatic carbocycles. The largest absolute Gasteiger partial charge is 0.444 e. The summed E-state index contributed by atoms with van der Waals surface area (Å²) in [7, 11) is -3.56. The van der Waals surface area contributed by atoms with Crippen LogP contribution in [-0.4, -0.2) is 67.9 Å². The Labute approximate surface area is 191 Å². The third kappa shape index (κ3) is 6.45. The van der Waals surface area contributed by atoms with Crippen molar-refractivity contribution in [3.8, 4) is 0 Å². The van der Waals surface area contributed by atoms with Gasteiger partial charge in [0.15, 0.2) is 0 Å². The lowest BCUT2D eigenvalue weighted by atomic mass is 9.92. The number of carbonyl (C=O) groups excluding carboxylic acids is 2. The SMILES string of the molecule is CC(C)(C)OC(=O)NCCCC(=O)N1CCN(S(=O)(=O)c2ccc3c(c2)CCCC3)CC1. The highest BCUT2D eigenvalue weighted by Crippen LogP contribution is 2.26. The second kappa shape index (κ2) is 10.2. The number of sulfonamides is 1. The number of benzene rings is 1. The number of hydrogen-bond donors (Lipinski definition) is 1. The molecule has 32 heavy (non-hydrogen) atoms. The first-order chi connectivity index (χ1) is 15.1. The average molecular weight is 466 g/mol. The van der Waals surface area contributed by atoms with Crippen LogP contribution in [0.1, 0.15) is 57.6 Å². The van der Waals surface area contributed by atoms with Crippen molar-refractivity contribution in [3.05, 3.63) is 29.3 Å². The van der Waals surface area contributed by atoms with Crippen LogP contribution in [0.5, 0.6) is 0 Å². The molecule has 2 aliphatic rings. The van der Waals surface area contributed by atoms with Gasteiger partial charge in [-0.05, 0) is 76.1 Å². The van der Waals surface area contributed by atoms with Crippen LogP contribution in [-0.2, 0) is 32.4 Å². The maximum absolute atomic E-state index is 13.1. The first-order valence-corrected chi connectivity index (χ1v) is 12.9. The number of rotatable bonds is 6. The van der Waals surface area contributed by atoms with Crippen molar-refractivity contribution < 1.29 is 22.7 Å². The van der Waals surface area contributed by atoms with Gasteiger partial charge in [0.05, 0.1) is 4.90 Å². The zero-order valence-electron chi connectivity index (χ0n) is 19.4. The number of ether oxygens (including phenoxy) is 1. The summed E-state index contributed by atoms with van der Waals surface area (Å²) in [5, 5.41) is 2.64. The Bertz CT molecular complexity index is 931. The minimum absolute atomic E-state index is 0.0261. The van der Waals surface area contributed by atoms with E-state index in [1.165, 1.54) is 9.87 Å². The standard InChI is InChI=1S/C23H35N3O5S/c1-23(2,3)31-22(28)24-12-6-9-21(27)25-13-15-26(16-14-25)32(29,30)20-11-10-18-7-4-5-8-19(18)17-20/h10-11,17H,4-9,12-16H2,1-3H3,(H,24,28). The molecule has 0 atom stereocenters. The van der Waals surface area contributed by atoms with Crippen molar-refractivity contribution in [1.82, 2.24) is 14.5 Å². The molecular weight excluding hydrogens is 430 g/mol. The van der Waals surface area contributed by atoms with E-state index >= 15 is 0 Å². The van der Waals surface area contributed by atoms with Crippen molar-refractivity contribution in [2.45, 2.75) is 69.8 Å². The van der Waals surface area contributed by atoms with E-state index in [0.29, 0.717) is 50.5 Å². The van der Waals surface area contributed by atoms with Gasteiger partial charge in [-0.3, -0.25) is 4.79 Å². The summed E-state index contributed by atoms with van der Waals surface area (Å²) in [4.78, 5) is 26.2. The number of alkyl carbamates (subject to hydrolysis) is 1. The van der Waals surface area contributed by atoms with Crippen LogP contribution in [0.4, 0.5) is 4.79 Å². The fourth-order valence-corrected chi connectivity index (χ4v) is 5.57. The zero-order valence-corrected chi connectivity index (χ0v) is 20.2. The molecule has 1 saturated heterocycles. The summed E-state index contributed by atoms with van der Waals surface area (Å²) in [5.41, 5.74) is 1.84. The molecule has 0 aromatic heterocycles. The lowest BCUT2D eigenvalue weighted by molar-refractivity contribution is -0.132. The van der Waals surface area contributed by atoms with Gasteiger partial charge in [-0.1, -0.05) is 6.07 Å². The molecule has 0 radical (unpaired) electrons. The summed E-state index contributed by atoms with van der Waals surface area (Å²) >= 11 is 0. The maximum Gasteiger partial charge on any atom is 0.407 e. The third-order valence-corrected chi connectivity index (χ3v) is 7.68. The third-order valence-electron chi connectivity index (χ3n) is 5.78. The number of piperazine rings is 1. The van der Waals surface area contributed by atoms with Crippen molar-refractivity contribution in [1.29, 1.82) is 0 Å². The van der Waals surface area contributed by atoms with E-state index in [1.54, 1.807) is 31.7 Å². The van der Waals surface area contributed by atoms with Gasteiger partial charge in [-0.15, -0.1) is 0 Å². The number of amides is 2. The number of fused-ring (bicyclic) bond motifs is 1. The highest BCUT2D eigenvalue weighted by molar-refractivity contribution is 7.89. The summed E-state index contributed by atoms with van der Waals surface area (Å²) in [5.74, 6) is -0.0261. The van der Waals surface area contributed by atoms with Crippen LogP contribution in [0.3, 0.4) is 0 Å². The fraction of sp³-hybridized carbons (Fsp3) is 0.652. The highest BCUT2D eigenvalue weighted by atomic mass is 32.2. The molecule has 8 nitrogen and oxygen atoms in total. The normalized spacial score (nSPS) is 17.5. The molecule has 178 valence electrons. The second-order valence-electron chi connectivity index (χ2n) is 9.45. The molecule has 1 aromatic rings. The minimum atomic E-state index is -3.56. The first-order valence-electron chi connectivity index (χ1n) is 11.4. The van der Waals surface area contributed by atoms with Gasteiger partial charge in [0.1, 0.15) is 5.60 Å². The monoisotopic (exact) mass is 465 g/mol. The Morgan fingerprint density at radius 3 is 2.34 bits per heavy atom. The molecule has 9 heteroatoms. The van der Waals surface area contributed by atoms with E-state index in [1.807, 2.05) is 12.1 Å². The Hall–Kier alpha value is -2.13. The average Bonchev–Trinajstić information content (AvgIpc) is 2.75. The van der Waals surface area contributed by atoms with Crippen LogP contribution in [0.15, 0.2) is 23.1 Å². The van der Waals surface area contributed by atoms with Crippen LogP contribution in [0.2, 0.25) is 0 Å². The van der Waals surface area contributed by atoms with E-state index in [9.17, 15) is 18.0 Å². The molecule has 0 saturated carbocycles. The molecule has 1 heterocycles. The van der Waals surface area contributed by atoms with Gasteiger partial charge in [-0.2, -0.15) is 4.31 Å². The molecule has 1 aromatic carbocycles. The number of carbonyl (C=O) groups is 2. The summed E-state index contributed by atoms with van der Waals surface area (Å²) in [6.45, 7) is 7.08. The van der Waals surface area contributed by atoms with Gasteiger partial charge in [0.2, 0.25) is 15.9 Å². The Kier molecular flexibility index (Phi) is 7.82. The lowest BCUT2D eigenvalue weighted by Gasteiger charge is -2.34. The number of aryl methyl sites for hydroxylation is 2. The molecule has 1 aliphatic heterocycles. The smallest absolute Gasteiger partial charge is 0.407 e. The Balaban J connectivity index is 1.45. The first kappa shape index (κ1) is 24.5. The van der Waals surface area contributed by atoms with Crippen LogP contribution in [0.25, 0.3) is 0 Å². The van der Waals surface area contributed by atoms with Gasteiger partial charge in [0.25, 0.3) is 0 Å². The van der Waals surface area contributed by atoms with Gasteiger partial charge in [-0.25, -0.2) is 13.2 Å². The molecule has 0 spiro atoms. The Morgan fingerprint density at radius 1 is 1.03 bits per heavy atom. The molecule has 1 fully saturated rings. The van der Waals surface area contributed by atoms with Crippen LogP contribution in [0, 0.1) is 0 Å². The summed E-state index contributed by atoms with van der Waals surface area (Å²) in [6, 6.07) is 5.50. The van der Waals surface area contributed by atoms with E-state index in [2.05, 4.69) is 5.32 Å². The van der Waals surface area contributed by atoms with E-state index < -0.39 is 21.7 Å². The van der Waals surface area contributed by atoms with Crippen molar-refractivity contribution >= 4 is 22.0 Å². The molecule has 2 amide bonds. The topological polar surface area (TPSA) is 96.0 Å². The Morgan fingerprint density at radius 2 is 1.69 bits per heavy atom. The number of nitrogens with zero attached hydrogens (tertiary/aromatic N) is 2. The molecular formula is C23H35N3O5S. The van der Waals surface area contributed by atoms with Crippen LogP contribution < -0.4 is 5.32 Å². The minimum Gasteiger partial charge on any atom is -0.444 e. The summed E-state index contributed by atoms with van der Waals surface area (Å²) < 4.78 is 32.8.